The van der Waals surface area contributed by atoms with Gasteiger partial charge in [0.05, 0.1) is 15.6 Å². The highest BCUT2D eigenvalue weighted by Gasteiger charge is 2.10. The number of aromatic amines is 1. The fraction of sp³-hybridized carbons (Fsp3) is 0.125. The molecule has 0 saturated heterocycles. The number of anilines is 1. The summed E-state index contributed by atoms with van der Waals surface area (Å²) in [5, 5.41) is 7.54. The third kappa shape index (κ3) is 3.58. The molecule has 3 aromatic rings. The SMILES string of the molecule is CS(=O)(=O)c1ccc(Cc2nc(-c3ccc(Cl)c(N)c3)n[nH]2)cc1. The number of nitrogens with two attached hydrogens (primary N) is 1. The van der Waals surface area contributed by atoms with Crippen molar-refractivity contribution in [3.8, 4) is 11.4 Å². The van der Waals surface area contributed by atoms with Crippen molar-refractivity contribution in [1.82, 2.24) is 15.2 Å². The van der Waals surface area contributed by atoms with Crippen LogP contribution >= 0.6 is 11.6 Å². The molecule has 0 aliphatic heterocycles. The van der Waals surface area contributed by atoms with Crippen LogP contribution in [0.2, 0.25) is 5.02 Å². The molecule has 6 nitrogen and oxygen atoms in total. The molecule has 2 aromatic carbocycles. The average Bonchev–Trinajstić information content (AvgIpc) is 2.98. The van der Waals surface area contributed by atoms with Crippen LogP contribution in [0.3, 0.4) is 0 Å². The number of nitrogens with one attached hydrogen (secondary N) is 1. The lowest BCUT2D eigenvalue weighted by Gasteiger charge is -2.01. The summed E-state index contributed by atoms with van der Waals surface area (Å²) in [4.78, 5) is 4.73. The molecule has 24 heavy (non-hydrogen) atoms. The van der Waals surface area contributed by atoms with E-state index in [0.29, 0.717) is 33.7 Å². The van der Waals surface area contributed by atoms with Crippen LogP contribution in [0.5, 0.6) is 0 Å². The second-order valence-corrected chi connectivity index (χ2v) is 7.86. The standard InChI is InChI=1S/C16H15ClN4O2S/c1-24(22,23)12-5-2-10(3-6-12)8-15-19-16(21-20-15)11-4-7-13(17)14(18)9-11/h2-7,9H,8,18H2,1H3,(H,19,20,21). The first-order valence-electron chi connectivity index (χ1n) is 7.08. The molecular formula is C16H15ClN4O2S. The lowest BCUT2D eigenvalue weighted by atomic mass is 10.1. The molecule has 1 aromatic heterocycles. The van der Waals surface area contributed by atoms with E-state index in [1.807, 2.05) is 0 Å². The Hall–Kier alpha value is -2.38. The van der Waals surface area contributed by atoms with Crippen LogP contribution in [0, 0.1) is 0 Å². The minimum atomic E-state index is -3.19. The summed E-state index contributed by atoms with van der Waals surface area (Å²) in [6, 6.07) is 11.9. The first-order chi connectivity index (χ1) is 11.3. The Morgan fingerprint density at radius 3 is 2.50 bits per heavy atom. The fourth-order valence-corrected chi connectivity index (χ4v) is 2.98. The third-order valence-electron chi connectivity index (χ3n) is 3.51. The van der Waals surface area contributed by atoms with Crippen molar-refractivity contribution in [2.75, 3.05) is 12.0 Å². The number of hydrogen-bond donors (Lipinski definition) is 2. The number of nitrogens with zero attached hydrogens (tertiary/aromatic N) is 2. The molecule has 0 fully saturated rings. The van der Waals surface area contributed by atoms with Crippen LogP contribution in [0.15, 0.2) is 47.4 Å². The molecular weight excluding hydrogens is 348 g/mol. The maximum Gasteiger partial charge on any atom is 0.181 e. The molecule has 3 N–H and O–H groups in total. The predicted molar refractivity (Wildman–Crippen MR) is 93.6 cm³/mol. The molecule has 0 spiro atoms. The van der Waals surface area contributed by atoms with E-state index < -0.39 is 9.84 Å². The lowest BCUT2D eigenvalue weighted by Crippen LogP contribution is -1.97. The summed E-state index contributed by atoms with van der Waals surface area (Å²) in [6.07, 6.45) is 1.70. The first kappa shape index (κ1) is 16.5. The maximum absolute atomic E-state index is 11.5. The molecule has 124 valence electrons. The second-order valence-electron chi connectivity index (χ2n) is 5.43. The second kappa shape index (κ2) is 6.26. The van der Waals surface area contributed by atoms with E-state index in [1.165, 1.54) is 6.26 Å². The van der Waals surface area contributed by atoms with Crippen LogP contribution in [-0.2, 0) is 16.3 Å². The summed E-state index contributed by atoms with van der Waals surface area (Å²) in [7, 11) is -3.19. The zero-order valence-electron chi connectivity index (χ0n) is 12.8. The van der Waals surface area contributed by atoms with Gasteiger partial charge < -0.3 is 5.73 Å². The Balaban J connectivity index is 1.80. The Morgan fingerprint density at radius 1 is 1.17 bits per heavy atom. The van der Waals surface area contributed by atoms with Gasteiger partial charge in [-0.3, -0.25) is 5.10 Å². The zero-order valence-corrected chi connectivity index (χ0v) is 14.4. The topological polar surface area (TPSA) is 102 Å². The summed E-state index contributed by atoms with van der Waals surface area (Å²) in [5.74, 6) is 1.20. The molecule has 0 radical (unpaired) electrons. The number of H-pyrrole nitrogens is 1. The van der Waals surface area contributed by atoms with E-state index in [-0.39, 0.29) is 0 Å². The molecule has 0 amide bonds. The number of benzene rings is 2. The zero-order chi connectivity index (χ0) is 17.3. The molecule has 3 rings (SSSR count). The highest BCUT2D eigenvalue weighted by atomic mass is 35.5. The summed E-state index contributed by atoms with van der Waals surface area (Å²) >= 11 is 5.91. The molecule has 0 aliphatic rings. The van der Waals surface area contributed by atoms with Crippen molar-refractivity contribution in [2.24, 2.45) is 0 Å². The number of hydrogen-bond acceptors (Lipinski definition) is 5. The van der Waals surface area contributed by atoms with Gasteiger partial charge in [0.25, 0.3) is 0 Å². The third-order valence-corrected chi connectivity index (χ3v) is 4.98. The van der Waals surface area contributed by atoms with Gasteiger partial charge in [-0.2, -0.15) is 5.10 Å². The van der Waals surface area contributed by atoms with Crippen LogP contribution < -0.4 is 5.73 Å². The van der Waals surface area contributed by atoms with Gasteiger partial charge in [0.2, 0.25) is 0 Å². The van der Waals surface area contributed by atoms with Crippen LogP contribution in [0.4, 0.5) is 5.69 Å². The van der Waals surface area contributed by atoms with Crippen molar-refractivity contribution in [3.63, 3.8) is 0 Å². The number of aromatic nitrogens is 3. The van der Waals surface area contributed by atoms with Crippen molar-refractivity contribution < 1.29 is 8.42 Å². The quantitative estimate of drug-likeness (QED) is 0.695. The smallest absolute Gasteiger partial charge is 0.181 e. The van der Waals surface area contributed by atoms with Crippen molar-refractivity contribution in [3.05, 3.63) is 58.9 Å². The van der Waals surface area contributed by atoms with E-state index >= 15 is 0 Å². The Kier molecular flexibility index (Phi) is 4.29. The fourth-order valence-electron chi connectivity index (χ4n) is 2.23. The van der Waals surface area contributed by atoms with E-state index in [2.05, 4.69) is 15.2 Å². The van der Waals surface area contributed by atoms with Gasteiger partial charge in [-0.05, 0) is 35.9 Å². The number of sulfone groups is 1. The van der Waals surface area contributed by atoms with Crippen molar-refractivity contribution in [1.29, 1.82) is 0 Å². The molecule has 0 saturated carbocycles. The van der Waals surface area contributed by atoms with Gasteiger partial charge in [-0.25, -0.2) is 13.4 Å². The van der Waals surface area contributed by atoms with E-state index in [9.17, 15) is 8.42 Å². The highest BCUT2D eigenvalue weighted by Crippen LogP contribution is 2.24. The molecule has 0 unspecified atom stereocenters. The number of nitrogen functional groups attached to an aromatic ring is 1. The minimum Gasteiger partial charge on any atom is -0.398 e. The molecule has 8 heteroatoms. The minimum absolute atomic E-state index is 0.293. The number of rotatable bonds is 4. The lowest BCUT2D eigenvalue weighted by molar-refractivity contribution is 0.602. The normalized spacial score (nSPS) is 11.6. The van der Waals surface area contributed by atoms with Gasteiger partial charge in [0.15, 0.2) is 15.7 Å². The summed E-state index contributed by atoms with van der Waals surface area (Å²) in [5.41, 5.74) is 7.96. The van der Waals surface area contributed by atoms with E-state index in [0.717, 1.165) is 11.1 Å². The molecule has 0 aliphatic carbocycles. The van der Waals surface area contributed by atoms with Gasteiger partial charge in [0.1, 0.15) is 5.82 Å². The Labute approximate surface area is 144 Å². The molecule has 0 atom stereocenters. The molecule has 0 bridgehead atoms. The van der Waals surface area contributed by atoms with Crippen molar-refractivity contribution >= 4 is 27.1 Å². The van der Waals surface area contributed by atoms with E-state index in [1.54, 1.807) is 42.5 Å². The van der Waals surface area contributed by atoms with Crippen LogP contribution in [-0.4, -0.2) is 29.9 Å². The Morgan fingerprint density at radius 2 is 1.88 bits per heavy atom. The summed E-state index contributed by atoms with van der Waals surface area (Å²) < 4.78 is 22.9. The number of halogens is 1. The van der Waals surface area contributed by atoms with Crippen LogP contribution in [0.25, 0.3) is 11.4 Å². The maximum atomic E-state index is 11.5. The van der Waals surface area contributed by atoms with E-state index in [4.69, 9.17) is 17.3 Å². The highest BCUT2D eigenvalue weighted by molar-refractivity contribution is 7.90. The summed E-state index contributed by atoms with van der Waals surface area (Å²) in [6.45, 7) is 0. The average molecular weight is 363 g/mol. The van der Waals surface area contributed by atoms with Gasteiger partial charge in [0, 0.05) is 18.2 Å². The predicted octanol–water partition coefficient (Wildman–Crippen LogP) is 2.70. The largest absolute Gasteiger partial charge is 0.398 e. The molecule has 1 heterocycles. The van der Waals surface area contributed by atoms with Crippen molar-refractivity contribution in [2.45, 2.75) is 11.3 Å². The monoisotopic (exact) mass is 362 g/mol. The van der Waals surface area contributed by atoms with Gasteiger partial charge in [-0.15, -0.1) is 0 Å². The van der Waals surface area contributed by atoms with Gasteiger partial charge in [-0.1, -0.05) is 23.7 Å². The first-order valence-corrected chi connectivity index (χ1v) is 9.35. The van der Waals surface area contributed by atoms with Gasteiger partial charge >= 0.3 is 0 Å². The Bertz CT molecular complexity index is 982. The van der Waals surface area contributed by atoms with Crippen LogP contribution in [0.1, 0.15) is 11.4 Å².